The Morgan fingerprint density at radius 1 is 1.53 bits per heavy atom. The van der Waals surface area contributed by atoms with Gasteiger partial charge in [-0.2, -0.15) is 0 Å². The third kappa shape index (κ3) is 2.78. The van der Waals surface area contributed by atoms with Crippen LogP contribution < -0.4 is 15.4 Å². The van der Waals surface area contributed by atoms with Crippen molar-refractivity contribution in [2.24, 2.45) is 0 Å². The van der Waals surface area contributed by atoms with Gasteiger partial charge < -0.3 is 20.5 Å². The number of carbonyl (C=O) groups excluding carboxylic acids is 2. The van der Waals surface area contributed by atoms with Crippen LogP contribution in [-0.2, 0) is 4.79 Å². The minimum atomic E-state index is -0.549. The zero-order valence-electron chi connectivity index (χ0n) is 10.6. The molecular weight excluding hydrogens is 248 g/mol. The van der Waals surface area contributed by atoms with Gasteiger partial charge in [-0.15, -0.1) is 0 Å². The number of methoxy groups -OCH3 is 1. The van der Waals surface area contributed by atoms with Crippen LogP contribution in [-0.4, -0.2) is 36.6 Å². The molecule has 1 aliphatic rings. The first-order valence-electron chi connectivity index (χ1n) is 6.08. The van der Waals surface area contributed by atoms with Crippen LogP contribution in [0, 0.1) is 0 Å². The molecule has 6 heteroatoms. The summed E-state index contributed by atoms with van der Waals surface area (Å²) in [5, 5.41) is 15.2. The quantitative estimate of drug-likeness (QED) is 0.738. The highest BCUT2D eigenvalue weighted by atomic mass is 16.5. The highest BCUT2D eigenvalue weighted by Crippen LogP contribution is 2.29. The molecule has 0 aromatic heterocycles. The number of phenolic OH excluding ortho intramolecular Hbond substituents is 1. The summed E-state index contributed by atoms with van der Waals surface area (Å²) in [5.74, 6) is -0.681. The number of ether oxygens (including phenoxy) is 1. The smallest absolute Gasteiger partial charge is 0.255 e. The maximum atomic E-state index is 12.0. The Labute approximate surface area is 110 Å². The van der Waals surface area contributed by atoms with Gasteiger partial charge in [0, 0.05) is 6.54 Å². The van der Waals surface area contributed by atoms with Gasteiger partial charge >= 0.3 is 0 Å². The first-order valence-corrected chi connectivity index (χ1v) is 6.08. The zero-order chi connectivity index (χ0) is 13.8. The molecular formula is C13H16N2O4. The molecule has 1 aromatic carbocycles. The monoisotopic (exact) mass is 264 g/mol. The Kier molecular flexibility index (Phi) is 3.89. The van der Waals surface area contributed by atoms with E-state index in [1.807, 2.05) is 0 Å². The van der Waals surface area contributed by atoms with Gasteiger partial charge in [-0.1, -0.05) is 6.07 Å². The van der Waals surface area contributed by atoms with Crippen molar-refractivity contribution in [2.75, 3.05) is 13.7 Å². The second kappa shape index (κ2) is 5.60. The lowest BCUT2D eigenvalue weighted by molar-refractivity contribution is -0.124. The summed E-state index contributed by atoms with van der Waals surface area (Å²) in [6.45, 7) is 0.635. The molecule has 0 bridgehead atoms. The van der Waals surface area contributed by atoms with E-state index >= 15 is 0 Å². The molecule has 1 atom stereocenters. The molecule has 1 heterocycles. The van der Waals surface area contributed by atoms with E-state index in [9.17, 15) is 14.7 Å². The van der Waals surface area contributed by atoms with Crippen molar-refractivity contribution < 1.29 is 19.4 Å². The maximum Gasteiger partial charge on any atom is 0.255 e. The van der Waals surface area contributed by atoms with Crippen molar-refractivity contribution in [3.8, 4) is 11.5 Å². The third-order valence-electron chi connectivity index (χ3n) is 3.05. The van der Waals surface area contributed by atoms with Crippen LogP contribution in [0.2, 0.25) is 0 Å². The van der Waals surface area contributed by atoms with Gasteiger partial charge in [-0.25, -0.2) is 0 Å². The van der Waals surface area contributed by atoms with Gasteiger partial charge in [0.05, 0.1) is 12.7 Å². The van der Waals surface area contributed by atoms with Gasteiger partial charge in [-0.05, 0) is 25.0 Å². The average Bonchev–Trinajstić information content (AvgIpc) is 2.41. The molecule has 2 rings (SSSR count). The molecule has 0 radical (unpaired) electrons. The summed E-state index contributed by atoms with van der Waals surface area (Å²) >= 11 is 0. The Morgan fingerprint density at radius 2 is 2.32 bits per heavy atom. The van der Waals surface area contributed by atoms with Crippen molar-refractivity contribution in [3.05, 3.63) is 23.8 Å². The topological polar surface area (TPSA) is 87.7 Å². The summed E-state index contributed by atoms with van der Waals surface area (Å²) in [6, 6.07) is 4.09. The largest absolute Gasteiger partial charge is 0.504 e. The number of benzene rings is 1. The highest BCUT2D eigenvalue weighted by Gasteiger charge is 2.25. The zero-order valence-corrected chi connectivity index (χ0v) is 10.6. The van der Waals surface area contributed by atoms with Crippen LogP contribution in [0.4, 0.5) is 0 Å². The van der Waals surface area contributed by atoms with E-state index in [2.05, 4.69) is 10.6 Å². The van der Waals surface area contributed by atoms with Gasteiger partial charge in [0.25, 0.3) is 5.91 Å². The summed E-state index contributed by atoms with van der Waals surface area (Å²) in [4.78, 5) is 23.6. The normalized spacial score (nSPS) is 18.6. The van der Waals surface area contributed by atoms with E-state index in [0.29, 0.717) is 13.0 Å². The lowest BCUT2D eigenvalue weighted by atomic mass is 10.1. The molecule has 1 aliphatic heterocycles. The highest BCUT2D eigenvalue weighted by molar-refractivity contribution is 6.00. The maximum absolute atomic E-state index is 12.0. The predicted octanol–water partition coefficient (Wildman–Crippen LogP) is 0.409. The van der Waals surface area contributed by atoms with Crippen LogP contribution >= 0.6 is 0 Å². The first kappa shape index (κ1) is 13.2. The van der Waals surface area contributed by atoms with Crippen molar-refractivity contribution >= 4 is 11.8 Å². The number of para-hydroxylation sites is 1. The Balaban J connectivity index is 2.13. The summed E-state index contributed by atoms with van der Waals surface area (Å²) in [5.41, 5.74) is 0.0951. The lowest BCUT2D eigenvalue weighted by Gasteiger charge is -2.23. The second-order valence-corrected chi connectivity index (χ2v) is 4.32. The van der Waals surface area contributed by atoms with Crippen molar-refractivity contribution in [1.29, 1.82) is 0 Å². The van der Waals surface area contributed by atoms with E-state index in [1.165, 1.54) is 13.2 Å². The molecule has 0 aliphatic carbocycles. The van der Waals surface area contributed by atoms with Crippen LogP contribution in [0.25, 0.3) is 0 Å². The number of hydrogen-bond donors (Lipinski definition) is 3. The summed E-state index contributed by atoms with van der Waals surface area (Å²) in [7, 11) is 1.41. The molecule has 102 valence electrons. The number of amides is 2. The minimum Gasteiger partial charge on any atom is -0.504 e. The number of rotatable bonds is 3. The molecule has 19 heavy (non-hydrogen) atoms. The molecule has 1 saturated heterocycles. The molecule has 1 fully saturated rings. The van der Waals surface area contributed by atoms with Gasteiger partial charge in [0.15, 0.2) is 11.5 Å². The molecule has 0 saturated carbocycles. The van der Waals surface area contributed by atoms with E-state index in [1.54, 1.807) is 12.1 Å². The number of aromatic hydroxyl groups is 1. The van der Waals surface area contributed by atoms with E-state index < -0.39 is 11.9 Å². The fourth-order valence-corrected chi connectivity index (χ4v) is 2.02. The Morgan fingerprint density at radius 3 is 3.00 bits per heavy atom. The standard InChI is InChI=1S/C13H16N2O4/c1-19-10-6-2-4-8(11(10)16)12(17)15-9-5-3-7-14-13(9)18/h2,4,6,9,16H,3,5,7H2,1H3,(H,14,18)(H,15,17). The molecule has 1 aromatic rings. The number of nitrogens with one attached hydrogen (secondary N) is 2. The molecule has 0 spiro atoms. The molecule has 3 N–H and O–H groups in total. The molecule has 2 amide bonds. The number of phenols is 1. The van der Waals surface area contributed by atoms with E-state index in [-0.39, 0.29) is 23.0 Å². The van der Waals surface area contributed by atoms with E-state index in [4.69, 9.17) is 4.74 Å². The predicted molar refractivity (Wildman–Crippen MR) is 68.2 cm³/mol. The Bertz CT molecular complexity index is 501. The third-order valence-corrected chi connectivity index (χ3v) is 3.05. The molecule has 1 unspecified atom stereocenters. The van der Waals surface area contributed by atoms with Gasteiger partial charge in [-0.3, -0.25) is 9.59 Å². The number of hydrogen-bond acceptors (Lipinski definition) is 4. The van der Waals surface area contributed by atoms with Crippen LogP contribution in [0.3, 0.4) is 0 Å². The fourth-order valence-electron chi connectivity index (χ4n) is 2.02. The fraction of sp³-hybridized carbons (Fsp3) is 0.385. The van der Waals surface area contributed by atoms with Crippen LogP contribution in [0.15, 0.2) is 18.2 Å². The summed E-state index contributed by atoms with van der Waals surface area (Å²) < 4.78 is 4.94. The first-order chi connectivity index (χ1) is 9.13. The SMILES string of the molecule is COc1cccc(C(=O)NC2CCCNC2=O)c1O. The van der Waals surface area contributed by atoms with Crippen molar-refractivity contribution in [3.63, 3.8) is 0 Å². The number of carbonyl (C=O) groups is 2. The van der Waals surface area contributed by atoms with Gasteiger partial charge in [0.2, 0.25) is 5.91 Å². The van der Waals surface area contributed by atoms with Crippen LogP contribution in [0.1, 0.15) is 23.2 Å². The van der Waals surface area contributed by atoms with E-state index in [0.717, 1.165) is 6.42 Å². The van der Waals surface area contributed by atoms with Gasteiger partial charge in [0.1, 0.15) is 6.04 Å². The van der Waals surface area contributed by atoms with Crippen LogP contribution in [0.5, 0.6) is 11.5 Å². The van der Waals surface area contributed by atoms with Crippen molar-refractivity contribution in [1.82, 2.24) is 10.6 Å². The Hall–Kier alpha value is -2.24. The lowest BCUT2D eigenvalue weighted by Crippen LogP contribution is -2.50. The average molecular weight is 264 g/mol. The number of piperidine rings is 1. The minimum absolute atomic E-state index is 0.0951. The summed E-state index contributed by atoms with van der Waals surface area (Å²) in [6.07, 6.45) is 1.42. The second-order valence-electron chi connectivity index (χ2n) is 4.32. The van der Waals surface area contributed by atoms with Crippen molar-refractivity contribution in [2.45, 2.75) is 18.9 Å². The molecule has 6 nitrogen and oxygen atoms in total.